The van der Waals surface area contributed by atoms with Crippen LogP contribution in [0.5, 0.6) is 0 Å². The first kappa shape index (κ1) is 14.5. The number of carbonyl (C=O) groups excluding carboxylic acids is 2. The van der Waals surface area contributed by atoms with Gasteiger partial charge in [-0.15, -0.1) is 11.3 Å². The van der Waals surface area contributed by atoms with E-state index in [0.29, 0.717) is 24.6 Å². The molecule has 5 nitrogen and oxygen atoms in total. The summed E-state index contributed by atoms with van der Waals surface area (Å²) in [4.78, 5) is 25.9. The lowest BCUT2D eigenvalue weighted by atomic mass is 10.2. The number of esters is 1. The summed E-state index contributed by atoms with van der Waals surface area (Å²) in [6.07, 6.45) is -0.109. The van der Waals surface area contributed by atoms with E-state index in [1.54, 1.807) is 11.0 Å². The number of rotatable bonds is 3. The van der Waals surface area contributed by atoms with Crippen molar-refractivity contribution in [1.82, 2.24) is 4.90 Å². The minimum Gasteiger partial charge on any atom is -0.469 e. The summed E-state index contributed by atoms with van der Waals surface area (Å²) in [6.45, 7) is 1.41. The second-order valence-corrected chi connectivity index (χ2v) is 6.59. The van der Waals surface area contributed by atoms with Crippen LogP contribution in [-0.2, 0) is 14.3 Å². The summed E-state index contributed by atoms with van der Waals surface area (Å²) in [5.74, 6) is -0.341. The number of thiophene rings is 1. The first-order valence-corrected chi connectivity index (χ1v) is 7.44. The van der Waals surface area contributed by atoms with Crippen molar-refractivity contribution in [2.45, 2.75) is 12.5 Å². The molecule has 1 unspecified atom stereocenters. The number of amides is 1. The summed E-state index contributed by atoms with van der Waals surface area (Å²) >= 11 is 4.74. The Balaban J connectivity index is 1.97. The van der Waals surface area contributed by atoms with Crippen LogP contribution in [0.1, 0.15) is 16.1 Å². The standard InChI is InChI=1S/C12H14BrNO4S/c1-17-11(15)6-8-7-14(4-5-18-8)12(16)9-2-3-10(13)19-9/h2-3,8H,4-7H2,1H3. The highest BCUT2D eigenvalue weighted by atomic mass is 79.9. The third kappa shape index (κ3) is 3.77. The molecule has 0 N–H and O–H groups in total. The topological polar surface area (TPSA) is 55.8 Å². The molecular weight excluding hydrogens is 334 g/mol. The summed E-state index contributed by atoms with van der Waals surface area (Å²) in [5.41, 5.74) is 0. The van der Waals surface area contributed by atoms with Crippen molar-refractivity contribution in [3.63, 3.8) is 0 Å². The van der Waals surface area contributed by atoms with Crippen molar-refractivity contribution in [1.29, 1.82) is 0 Å². The molecule has 1 aromatic rings. The van der Waals surface area contributed by atoms with Gasteiger partial charge in [-0.1, -0.05) is 0 Å². The molecular formula is C12H14BrNO4S. The maximum atomic E-state index is 12.3. The largest absolute Gasteiger partial charge is 0.469 e. The van der Waals surface area contributed by atoms with Crippen LogP contribution >= 0.6 is 27.3 Å². The van der Waals surface area contributed by atoms with Crippen molar-refractivity contribution < 1.29 is 19.1 Å². The highest BCUT2D eigenvalue weighted by Crippen LogP contribution is 2.24. The average molecular weight is 348 g/mol. The molecule has 0 spiro atoms. The monoisotopic (exact) mass is 347 g/mol. The van der Waals surface area contributed by atoms with Gasteiger partial charge in [-0.2, -0.15) is 0 Å². The minimum absolute atomic E-state index is 0.0196. The molecule has 1 fully saturated rings. The lowest BCUT2D eigenvalue weighted by Crippen LogP contribution is -2.46. The summed E-state index contributed by atoms with van der Waals surface area (Å²) in [7, 11) is 1.34. The summed E-state index contributed by atoms with van der Waals surface area (Å²) < 4.78 is 11.0. The first-order chi connectivity index (χ1) is 9.10. The molecule has 104 valence electrons. The Kier molecular flexibility index (Phi) is 4.95. The van der Waals surface area contributed by atoms with Crippen molar-refractivity contribution in [2.24, 2.45) is 0 Å². The van der Waals surface area contributed by atoms with Crippen LogP contribution in [0.4, 0.5) is 0 Å². The van der Waals surface area contributed by atoms with Crippen LogP contribution < -0.4 is 0 Å². The summed E-state index contributed by atoms with van der Waals surface area (Å²) in [6, 6.07) is 3.64. The van der Waals surface area contributed by atoms with Crippen LogP contribution in [0.15, 0.2) is 15.9 Å². The van der Waals surface area contributed by atoms with Gasteiger partial charge in [0.25, 0.3) is 5.91 Å². The molecule has 7 heteroatoms. The molecule has 2 rings (SSSR count). The minimum atomic E-state index is -0.321. The van der Waals surface area contributed by atoms with E-state index in [4.69, 9.17) is 4.74 Å². The van der Waals surface area contributed by atoms with E-state index in [2.05, 4.69) is 20.7 Å². The quantitative estimate of drug-likeness (QED) is 0.783. The molecule has 0 radical (unpaired) electrons. The number of halogens is 1. The number of carbonyl (C=O) groups is 2. The van der Waals surface area contributed by atoms with E-state index < -0.39 is 0 Å². The van der Waals surface area contributed by atoms with Crippen molar-refractivity contribution in [2.75, 3.05) is 26.8 Å². The fourth-order valence-electron chi connectivity index (χ4n) is 1.88. The lowest BCUT2D eigenvalue weighted by molar-refractivity contribution is -0.145. The average Bonchev–Trinajstić information content (AvgIpc) is 2.84. The molecule has 0 saturated carbocycles. The van der Waals surface area contributed by atoms with Gasteiger partial charge in [-0.3, -0.25) is 9.59 Å². The Labute approximate surface area is 123 Å². The second-order valence-electron chi connectivity index (χ2n) is 4.13. The molecule has 1 aliphatic heterocycles. The van der Waals surface area contributed by atoms with E-state index in [0.717, 1.165) is 3.79 Å². The van der Waals surface area contributed by atoms with Gasteiger partial charge in [0.2, 0.25) is 0 Å². The fraction of sp³-hybridized carbons (Fsp3) is 0.500. The Bertz CT molecular complexity index is 476. The van der Waals surface area contributed by atoms with Gasteiger partial charge < -0.3 is 14.4 Å². The van der Waals surface area contributed by atoms with Crippen LogP contribution in [-0.4, -0.2) is 49.7 Å². The molecule has 1 saturated heterocycles. The predicted molar refractivity (Wildman–Crippen MR) is 74.3 cm³/mol. The van der Waals surface area contributed by atoms with E-state index in [-0.39, 0.29) is 24.4 Å². The van der Waals surface area contributed by atoms with Gasteiger partial charge in [0.05, 0.1) is 34.9 Å². The highest BCUT2D eigenvalue weighted by molar-refractivity contribution is 9.11. The summed E-state index contributed by atoms with van der Waals surface area (Å²) in [5, 5.41) is 0. The van der Waals surface area contributed by atoms with E-state index in [1.807, 2.05) is 6.07 Å². The Morgan fingerprint density at radius 2 is 2.37 bits per heavy atom. The molecule has 1 atom stereocenters. The number of ether oxygens (including phenoxy) is 2. The number of nitrogens with zero attached hydrogens (tertiary/aromatic N) is 1. The highest BCUT2D eigenvalue weighted by Gasteiger charge is 2.27. The maximum absolute atomic E-state index is 12.3. The van der Waals surface area contributed by atoms with E-state index >= 15 is 0 Å². The van der Waals surface area contributed by atoms with E-state index in [9.17, 15) is 9.59 Å². The van der Waals surface area contributed by atoms with Gasteiger partial charge in [0.15, 0.2) is 0 Å². The molecule has 1 aromatic heterocycles. The molecule has 0 aliphatic carbocycles. The van der Waals surface area contributed by atoms with Crippen molar-refractivity contribution in [3.8, 4) is 0 Å². The smallest absolute Gasteiger partial charge is 0.308 e. The fourth-order valence-corrected chi connectivity index (χ4v) is 3.24. The van der Waals surface area contributed by atoms with E-state index in [1.165, 1.54) is 18.4 Å². The first-order valence-electron chi connectivity index (χ1n) is 5.83. The Morgan fingerprint density at radius 3 is 3.00 bits per heavy atom. The van der Waals surface area contributed by atoms with Crippen molar-refractivity contribution >= 4 is 39.1 Å². The molecule has 1 amide bonds. The van der Waals surface area contributed by atoms with Gasteiger partial charge >= 0.3 is 5.97 Å². The zero-order valence-corrected chi connectivity index (χ0v) is 12.8. The molecule has 0 bridgehead atoms. The van der Waals surface area contributed by atoms with Crippen LogP contribution in [0.3, 0.4) is 0 Å². The predicted octanol–water partition coefficient (Wildman–Crippen LogP) is 1.91. The zero-order valence-electron chi connectivity index (χ0n) is 10.4. The third-order valence-electron chi connectivity index (χ3n) is 2.83. The van der Waals surface area contributed by atoms with Gasteiger partial charge in [0, 0.05) is 13.1 Å². The van der Waals surface area contributed by atoms with Crippen LogP contribution in [0.25, 0.3) is 0 Å². The molecule has 1 aliphatic rings. The lowest BCUT2D eigenvalue weighted by Gasteiger charge is -2.32. The third-order valence-corrected chi connectivity index (χ3v) is 4.44. The SMILES string of the molecule is COC(=O)CC1CN(C(=O)c2ccc(Br)s2)CCO1. The second kappa shape index (κ2) is 6.49. The Hall–Kier alpha value is -0.920. The van der Waals surface area contributed by atoms with Gasteiger partial charge in [-0.05, 0) is 28.1 Å². The van der Waals surface area contributed by atoms with Crippen molar-refractivity contribution in [3.05, 3.63) is 20.8 Å². The number of morpholine rings is 1. The number of hydrogen-bond donors (Lipinski definition) is 0. The molecule has 19 heavy (non-hydrogen) atoms. The van der Waals surface area contributed by atoms with Crippen LogP contribution in [0, 0.1) is 0 Å². The zero-order chi connectivity index (χ0) is 13.8. The molecule has 0 aromatic carbocycles. The molecule has 2 heterocycles. The number of hydrogen-bond acceptors (Lipinski definition) is 5. The van der Waals surface area contributed by atoms with Crippen LogP contribution in [0.2, 0.25) is 0 Å². The number of methoxy groups -OCH3 is 1. The Morgan fingerprint density at radius 1 is 1.58 bits per heavy atom. The normalized spacial score (nSPS) is 19.3. The van der Waals surface area contributed by atoms with Gasteiger partial charge in [-0.25, -0.2) is 0 Å². The van der Waals surface area contributed by atoms with Gasteiger partial charge in [0.1, 0.15) is 0 Å². The maximum Gasteiger partial charge on any atom is 0.308 e.